The number of esters is 1. The van der Waals surface area contributed by atoms with E-state index >= 15 is 0 Å². The van der Waals surface area contributed by atoms with Crippen LogP contribution in [-0.4, -0.2) is 35.8 Å². The third-order valence-electron chi connectivity index (χ3n) is 3.03. The zero-order valence-electron chi connectivity index (χ0n) is 10.8. The van der Waals surface area contributed by atoms with Crippen molar-refractivity contribution >= 4 is 34.9 Å². The lowest BCUT2D eigenvalue weighted by Crippen LogP contribution is -2.40. The molecule has 1 aliphatic carbocycles. The average molecular weight is 289 g/mol. The Hall–Kier alpha value is -1.23. The first-order chi connectivity index (χ1) is 8.99. The highest BCUT2D eigenvalue weighted by molar-refractivity contribution is 6.26. The molecule has 0 amide bonds. The number of hydrogen-bond donors (Lipinski definition) is 0. The van der Waals surface area contributed by atoms with Crippen LogP contribution in [0.2, 0.25) is 0 Å². The molecule has 0 aromatic carbocycles. The third kappa shape index (κ3) is 4.42. The summed E-state index contributed by atoms with van der Waals surface area (Å²) in [5, 5.41) is 0. The van der Waals surface area contributed by atoms with Gasteiger partial charge in [0.25, 0.3) is 0 Å². The van der Waals surface area contributed by atoms with Gasteiger partial charge in [0.1, 0.15) is 11.8 Å². The largest absolute Gasteiger partial charge is 0.464 e. The molecule has 19 heavy (non-hydrogen) atoms. The maximum atomic E-state index is 11.8. The molecular formula is C13H17ClO5. The Morgan fingerprint density at radius 2 is 1.84 bits per heavy atom. The standard InChI is InChI=1S/C13H17ClO5/c1-2-3-9(15)13-10(16)4-8(5-11(13)17)7-19-12(18)6-14/h8,13H,2-7H2,1H3. The van der Waals surface area contributed by atoms with E-state index in [-0.39, 0.29) is 55.0 Å². The minimum Gasteiger partial charge on any atom is -0.464 e. The Balaban J connectivity index is 2.56. The van der Waals surface area contributed by atoms with E-state index in [0.29, 0.717) is 6.42 Å². The first kappa shape index (κ1) is 15.8. The molecule has 1 fully saturated rings. The molecular weight excluding hydrogens is 272 g/mol. The maximum Gasteiger partial charge on any atom is 0.320 e. The summed E-state index contributed by atoms with van der Waals surface area (Å²) < 4.78 is 4.81. The van der Waals surface area contributed by atoms with Gasteiger partial charge in [-0.05, 0) is 6.42 Å². The minimum absolute atomic E-state index is 0.00226. The van der Waals surface area contributed by atoms with E-state index in [1.165, 1.54) is 0 Å². The normalized spacial score (nSPS) is 23.3. The molecule has 0 heterocycles. The summed E-state index contributed by atoms with van der Waals surface area (Å²) in [6.07, 6.45) is 1.06. The monoisotopic (exact) mass is 288 g/mol. The highest BCUT2D eigenvalue weighted by Crippen LogP contribution is 2.25. The van der Waals surface area contributed by atoms with Crippen molar-refractivity contribution in [1.29, 1.82) is 0 Å². The summed E-state index contributed by atoms with van der Waals surface area (Å²) in [6.45, 7) is 1.82. The number of halogens is 1. The molecule has 0 aliphatic heterocycles. The van der Waals surface area contributed by atoms with Gasteiger partial charge in [-0.15, -0.1) is 11.6 Å². The zero-order chi connectivity index (χ0) is 14.4. The summed E-state index contributed by atoms with van der Waals surface area (Å²) in [6, 6.07) is 0. The van der Waals surface area contributed by atoms with Gasteiger partial charge in [-0.1, -0.05) is 6.92 Å². The first-order valence-electron chi connectivity index (χ1n) is 6.29. The Morgan fingerprint density at radius 3 is 2.32 bits per heavy atom. The number of rotatable bonds is 6. The highest BCUT2D eigenvalue weighted by atomic mass is 35.5. The number of carbonyl (C=O) groups is 4. The molecule has 1 saturated carbocycles. The van der Waals surface area contributed by atoms with Crippen LogP contribution in [0, 0.1) is 11.8 Å². The second-order valence-corrected chi connectivity index (χ2v) is 4.94. The second-order valence-electron chi connectivity index (χ2n) is 4.67. The lowest BCUT2D eigenvalue weighted by molar-refractivity contribution is -0.149. The topological polar surface area (TPSA) is 77.5 Å². The number of ether oxygens (including phenoxy) is 1. The van der Waals surface area contributed by atoms with Crippen molar-refractivity contribution in [2.24, 2.45) is 11.8 Å². The molecule has 0 N–H and O–H groups in total. The van der Waals surface area contributed by atoms with E-state index in [4.69, 9.17) is 16.3 Å². The number of carbonyl (C=O) groups excluding carboxylic acids is 4. The van der Waals surface area contributed by atoms with Gasteiger partial charge in [-0.25, -0.2) is 0 Å². The summed E-state index contributed by atoms with van der Waals surface area (Å²) in [4.78, 5) is 46.3. The van der Waals surface area contributed by atoms with Crippen molar-refractivity contribution < 1.29 is 23.9 Å². The fourth-order valence-corrected chi connectivity index (χ4v) is 2.25. The summed E-state index contributed by atoms with van der Waals surface area (Å²) in [5.41, 5.74) is 0. The molecule has 0 spiro atoms. The maximum absolute atomic E-state index is 11.8. The lowest BCUT2D eigenvalue weighted by atomic mass is 9.77. The zero-order valence-corrected chi connectivity index (χ0v) is 11.6. The van der Waals surface area contributed by atoms with Crippen LogP contribution in [0.1, 0.15) is 32.6 Å². The van der Waals surface area contributed by atoms with Crippen LogP contribution in [0.3, 0.4) is 0 Å². The van der Waals surface area contributed by atoms with E-state index in [0.717, 1.165) is 0 Å². The molecule has 0 aromatic heterocycles. The van der Waals surface area contributed by atoms with Crippen LogP contribution < -0.4 is 0 Å². The Kier molecular flexibility index (Phi) is 6.15. The summed E-state index contributed by atoms with van der Waals surface area (Å²) in [7, 11) is 0. The fourth-order valence-electron chi connectivity index (χ4n) is 2.17. The number of ketones is 3. The smallest absolute Gasteiger partial charge is 0.320 e. The Bertz CT molecular complexity index is 372. The third-order valence-corrected chi connectivity index (χ3v) is 3.25. The van der Waals surface area contributed by atoms with Gasteiger partial charge in [0.2, 0.25) is 0 Å². The molecule has 0 aromatic rings. The van der Waals surface area contributed by atoms with Crippen molar-refractivity contribution in [3.8, 4) is 0 Å². The van der Waals surface area contributed by atoms with Crippen molar-refractivity contribution in [2.75, 3.05) is 12.5 Å². The fraction of sp³-hybridized carbons (Fsp3) is 0.692. The summed E-state index contributed by atoms with van der Waals surface area (Å²) >= 11 is 5.27. The van der Waals surface area contributed by atoms with Gasteiger partial charge in [0, 0.05) is 25.2 Å². The molecule has 0 radical (unpaired) electrons. The van der Waals surface area contributed by atoms with Crippen LogP contribution in [0.25, 0.3) is 0 Å². The van der Waals surface area contributed by atoms with E-state index in [1.807, 2.05) is 6.92 Å². The molecule has 0 unspecified atom stereocenters. The van der Waals surface area contributed by atoms with Crippen molar-refractivity contribution in [3.63, 3.8) is 0 Å². The van der Waals surface area contributed by atoms with E-state index in [1.54, 1.807) is 0 Å². The van der Waals surface area contributed by atoms with E-state index in [2.05, 4.69) is 0 Å². The Morgan fingerprint density at radius 1 is 1.26 bits per heavy atom. The summed E-state index contributed by atoms with van der Waals surface area (Å²) in [5.74, 6) is -3.29. The van der Waals surface area contributed by atoms with Crippen LogP contribution in [0.4, 0.5) is 0 Å². The highest BCUT2D eigenvalue weighted by Gasteiger charge is 2.39. The molecule has 1 rings (SSSR count). The van der Waals surface area contributed by atoms with Gasteiger partial charge in [0.15, 0.2) is 17.3 Å². The minimum atomic E-state index is -1.10. The van der Waals surface area contributed by atoms with Gasteiger partial charge >= 0.3 is 5.97 Å². The Labute approximate surface area is 116 Å². The predicted octanol–water partition coefficient (Wildman–Crippen LogP) is 1.30. The first-order valence-corrected chi connectivity index (χ1v) is 6.82. The number of hydrogen-bond acceptors (Lipinski definition) is 5. The quantitative estimate of drug-likeness (QED) is 0.418. The predicted molar refractivity (Wildman–Crippen MR) is 67.8 cm³/mol. The van der Waals surface area contributed by atoms with E-state index < -0.39 is 11.9 Å². The van der Waals surface area contributed by atoms with Crippen molar-refractivity contribution in [3.05, 3.63) is 0 Å². The van der Waals surface area contributed by atoms with Crippen LogP contribution in [-0.2, 0) is 23.9 Å². The second kappa shape index (κ2) is 7.38. The van der Waals surface area contributed by atoms with Crippen LogP contribution >= 0.6 is 11.6 Å². The molecule has 0 atom stereocenters. The molecule has 0 bridgehead atoms. The molecule has 5 nitrogen and oxygen atoms in total. The van der Waals surface area contributed by atoms with Crippen LogP contribution in [0.5, 0.6) is 0 Å². The molecule has 6 heteroatoms. The van der Waals surface area contributed by atoms with Gasteiger partial charge in [0.05, 0.1) is 6.61 Å². The average Bonchev–Trinajstić information content (AvgIpc) is 2.35. The molecule has 0 saturated heterocycles. The van der Waals surface area contributed by atoms with Gasteiger partial charge < -0.3 is 4.74 Å². The van der Waals surface area contributed by atoms with Crippen molar-refractivity contribution in [2.45, 2.75) is 32.6 Å². The van der Waals surface area contributed by atoms with Crippen molar-refractivity contribution in [1.82, 2.24) is 0 Å². The van der Waals surface area contributed by atoms with Gasteiger partial charge in [-0.3, -0.25) is 19.2 Å². The van der Waals surface area contributed by atoms with Crippen LogP contribution in [0.15, 0.2) is 0 Å². The lowest BCUT2D eigenvalue weighted by Gasteiger charge is -2.25. The van der Waals surface area contributed by atoms with Gasteiger partial charge in [-0.2, -0.15) is 0 Å². The number of alkyl halides is 1. The number of Topliss-reactive ketones (excluding diaryl/α,β-unsaturated/α-hetero) is 3. The SMILES string of the molecule is CCCC(=O)C1C(=O)CC(COC(=O)CCl)CC1=O. The van der Waals surface area contributed by atoms with E-state index in [9.17, 15) is 19.2 Å². The molecule has 1 aliphatic rings. The molecule has 106 valence electrons.